The van der Waals surface area contributed by atoms with Crippen LogP contribution < -0.4 is 16.0 Å². The number of rotatable bonds is 4. The Kier molecular flexibility index (Phi) is 8.76. The van der Waals surface area contributed by atoms with E-state index in [1.807, 2.05) is 20.8 Å². The first kappa shape index (κ1) is 21.5. The van der Waals surface area contributed by atoms with Gasteiger partial charge in [0, 0.05) is 37.8 Å². The Morgan fingerprint density at radius 3 is 2.46 bits per heavy atom. The SMILES string of the molecule is CN=C(NCC(=O)NC(C)(C)C)NC1CCN(C2CCCC2)C1.I. The van der Waals surface area contributed by atoms with Crippen LogP contribution in [0.25, 0.3) is 0 Å². The molecule has 0 spiro atoms. The molecule has 1 heterocycles. The van der Waals surface area contributed by atoms with Crippen molar-refractivity contribution in [3.05, 3.63) is 0 Å². The Balaban J connectivity index is 0.00000288. The molecule has 1 atom stereocenters. The number of carbonyl (C=O) groups is 1. The lowest BCUT2D eigenvalue weighted by molar-refractivity contribution is -0.121. The number of guanidine groups is 1. The van der Waals surface area contributed by atoms with Crippen LogP contribution in [0.1, 0.15) is 52.9 Å². The number of aliphatic imine (C=N–C) groups is 1. The van der Waals surface area contributed by atoms with E-state index in [4.69, 9.17) is 0 Å². The minimum atomic E-state index is -0.205. The van der Waals surface area contributed by atoms with Crippen LogP contribution in [0.3, 0.4) is 0 Å². The maximum atomic E-state index is 11.9. The summed E-state index contributed by atoms with van der Waals surface area (Å²) in [6.45, 7) is 8.44. The smallest absolute Gasteiger partial charge is 0.239 e. The van der Waals surface area contributed by atoms with Crippen molar-refractivity contribution in [2.24, 2.45) is 4.99 Å². The van der Waals surface area contributed by atoms with Crippen molar-refractivity contribution in [2.45, 2.75) is 70.5 Å². The number of halogens is 1. The van der Waals surface area contributed by atoms with E-state index < -0.39 is 0 Å². The van der Waals surface area contributed by atoms with Gasteiger partial charge < -0.3 is 16.0 Å². The highest BCUT2D eigenvalue weighted by molar-refractivity contribution is 14.0. The van der Waals surface area contributed by atoms with E-state index in [0.29, 0.717) is 12.0 Å². The number of hydrogen-bond acceptors (Lipinski definition) is 3. The van der Waals surface area contributed by atoms with Crippen LogP contribution in [0.4, 0.5) is 0 Å². The number of amides is 1. The molecule has 0 aromatic heterocycles. The standard InChI is InChI=1S/C17H33N5O.HI/c1-17(2,3)21-15(23)11-19-16(18-4)20-13-9-10-22(12-13)14-7-5-6-8-14;/h13-14H,5-12H2,1-4H3,(H,21,23)(H2,18,19,20);1H. The minimum Gasteiger partial charge on any atom is -0.352 e. The van der Waals surface area contributed by atoms with Gasteiger partial charge in [-0.15, -0.1) is 24.0 Å². The normalized spacial score (nSPS) is 23.0. The Hall–Kier alpha value is -0.570. The van der Waals surface area contributed by atoms with Gasteiger partial charge in [0.2, 0.25) is 5.91 Å². The molecular weight excluding hydrogens is 417 g/mol. The zero-order chi connectivity index (χ0) is 16.9. The molecule has 1 unspecified atom stereocenters. The van der Waals surface area contributed by atoms with Crippen molar-refractivity contribution < 1.29 is 4.79 Å². The highest BCUT2D eigenvalue weighted by Crippen LogP contribution is 2.26. The first-order chi connectivity index (χ1) is 10.9. The summed E-state index contributed by atoms with van der Waals surface area (Å²) >= 11 is 0. The monoisotopic (exact) mass is 451 g/mol. The fourth-order valence-corrected chi connectivity index (χ4v) is 3.52. The third-order valence-electron chi connectivity index (χ3n) is 4.56. The minimum absolute atomic E-state index is 0. The van der Waals surface area contributed by atoms with Crippen molar-refractivity contribution in [1.82, 2.24) is 20.9 Å². The largest absolute Gasteiger partial charge is 0.352 e. The molecule has 0 radical (unpaired) electrons. The summed E-state index contributed by atoms with van der Waals surface area (Å²) < 4.78 is 0. The number of likely N-dealkylation sites (tertiary alicyclic amines) is 1. The van der Waals surface area contributed by atoms with Gasteiger partial charge in [0.15, 0.2) is 5.96 Å². The maximum absolute atomic E-state index is 11.9. The second-order valence-corrected chi connectivity index (χ2v) is 7.79. The van der Waals surface area contributed by atoms with Gasteiger partial charge in [-0.1, -0.05) is 12.8 Å². The third-order valence-corrected chi connectivity index (χ3v) is 4.56. The summed E-state index contributed by atoms with van der Waals surface area (Å²) in [6, 6.07) is 1.21. The molecule has 0 bridgehead atoms. The molecule has 2 rings (SSSR count). The second kappa shape index (κ2) is 9.79. The van der Waals surface area contributed by atoms with Crippen LogP contribution in [-0.4, -0.2) is 61.1 Å². The Morgan fingerprint density at radius 2 is 1.88 bits per heavy atom. The Morgan fingerprint density at radius 1 is 1.21 bits per heavy atom. The molecule has 140 valence electrons. The van der Waals surface area contributed by atoms with E-state index in [-0.39, 0.29) is 42.0 Å². The van der Waals surface area contributed by atoms with Crippen LogP contribution in [0.15, 0.2) is 4.99 Å². The van der Waals surface area contributed by atoms with Gasteiger partial charge in [0.05, 0.1) is 6.54 Å². The molecule has 6 nitrogen and oxygen atoms in total. The van der Waals surface area contributed by atoms with Crippen molar-refractivity contribution in [3.63, 3.8) is 0 Å². The second-order valence-electron chi connectivity index (χ2n) is 7.79. The summed E-state index contributed by atoms with van der Waals surface area (Å²) in [5.74, 6) is 0.701. The molecule has 0 aromatic carbocycles. The Bertz CT molecular complexity index is 429. The quantitative estimate of drug-likeness (QED) is 0.346. The van der Waals surface area contributed by atoms with E-state index in [9.17, 15) is 4.79 Å². The molecule has 1 saturated carbocycles. The average molecular weight is 451 g/mol. The van der Waals surface area contributed by atoms with Crippen LogP contribution in [-0.2, 0) is 4.79 Å². The molecule has 3 N–H and O–H groups in total. The van der Waals surface area contributed by atoms with Crippen LogP contribution in [0, 0.1) is 0 Å². The lowest BCUT2D eigenvalue weighted by Gasteiger charge is -2.24. The maximum Gasteiger partial charge on any atom is 0.239 e. The highest BCUT2D eigenvalue weighted by Gasteiger charge is 2.30. The van der Waals surface area contributed by atoms with Crippen LogP contribution >= 0.6 is 24.0 Å². The molecule has 1 saturated heterocycles. The fourth-order valence-electron chi connectivity index (χ4n) is 3.52. The predicted molar refractivity (Wildman–Crippen MR) is 110 cm³/mol. The molecule has 1 aliphatic carbocycles. The number of nitrogens with one attached hydrogen (secondary N) is 3. The summed E-state index contributed by atoms with van der Waals surface area (Å²) in [5.41, 5.74) is -0.205. The lowest BCUT2D eigenvalue weighted by atomic mass is 10.1. The first-order valence-corrected chi connectivity index (χ1v) is 8.89. The van der Waals surface area contributed by atoms with Gasteiger partial charge in [0.25, 0.3) is 0 Å². The van der Waals surface area contributed by atoms with Crippen molar-refractivity contribution in [2.75, 3.05) is 26.7 Å². The summed E-state index contributed by atoms with van der Waals surface area (Å²) in [6.07, 6.45) is 6.61. The van der Waals surface area contributed by atoms with Gasteiger partial charge in [-0.3, -0.25) is 14.7 Å². The van der Waals surface area contributed by atoms with E-state index in [2.05, 4.69) is 25.8 Å². The van der Waals surface area contributed by atoms with Gasteiger partial charge in [-0.25, -0.2) is 0 Å². The summed E-state index contributed by atoms with van der Waals surface area (Å²) in [4.78, 5) is 18.7. The zero-order valence-electron chi connectivity index (χ0n) is 15.5. The number of nitrogens with zero attached hydrogens (tertiary/aromatic N) is 2. The molecule has 0 aromatic rings. The van der Waals surface area contributed by atoms with E-state index in [0.717, 1.165) is 19.0 Å². The molecule has 7 heteroatoms. The first-order valence-electron chi connectivity index (χ1n) is 8.89. The summed E-state index contributed by atoms with van der Waals surface area (Å²) in [5, 5.41) is 9.51. The molecule has 1 aliphatic heterocycles. The molecular formula is C17H34IN5O. The van der Waals surface area contributed by atoms with Crippen molar-refractivity contribution >= 4 is 35.8 Å². The van der Waals surface area contributed by atoms with Gasteiger partial charge in [-0.05, 0) is 40.0 Å². The van der Waals surface area contributed by atoms with E-state index in [1.54, 1.807) is 7.05 Å². The van der Waals surface area contributed by atoms with E-state index in [1.165, 1.54) is 32.2 Å². The predicted octanol–water partition coefficient (Wildman–Crippen LogP) is 1.70. The van der Waals surface area contributed by atoms with Crippen LogP contribution in [0.2, 0.25) is 0 Å². The Labute approximate surface area is 163 Å². The van der Waals surface area contributed by atoms with Crippen molar-refractivity contribution in [1.29, 1.82) is 0 Å². The highest BCUT2D eigenvalue weighted by atomic mass is 127. The zero-order valence-corrected chi connectivity index (χ0v) is 17.9. The van der Waals surface area contributed by atoms with Crippen LogP contribution in [0.5, 0.6) is 0 Å². The number of carbonyl (C=O) groups excluding carboxylic acids is 1. The van der Waals surface area contributed by atoms with Gasteiger partial charge in [-0.2, -0.15) is 0 Å². The molecule has 2 aliphatic rings. The third kappa shape index (κ3) is 7.13. The molecule has 1 amide bonds. The molecule has 2 fully saturated rings. The van der Waals surface area contributed by atoms with E-state index >= 15 is 0 Å². The average Bonchev–Trinajstić information content (AvgIpc) is 3.12. The van der Waals surface area contributed by atoms with Gasteiger partial charge in [0.1, 0.15) is 0 Å². The topological polar surface area (TPSA) is 68.8 Å². The summed E-state index contributed by atoms with van der Waals surface area (Å²) in [7, 11) is 1.75. The molecule has 24 heavy (non-hydrogen) atoms. The lowest BCUT2D eigenvalue weighted by Crippen LogP contribution is -2.50. The number of hydrogen-bond donors (Lipinski definition) is 3. The van der Waals surface area contributed by atoms with Crippen molar-refractivity contribution in [3.8, 4) is 0 Å². The van der Waals surface area contributed by atoms with Gasteiger partial charge >= 0.3 is 0 Å². The fraction of sp³-hybridized carbons (Fsp3) is 0.882.